The minimum absolute atomic E-state index is 0.232. The number of aromatic nitrogens is 2. The first-order chi connectivity index (χ1) is 12.6. The second kappa shape index (κ2) is 8.98. The summed E-state index contributed by atoms with van der Waals surface area (Å²) in [5.41, 5.74) is 3.20. The van der Waals surface area contributed by atoms with E-state index in [2.05, 4.69) is 15.5 Å². The number of nitrogens with zero attached hydrogens (tertiary/aromatic N) is 2. The molecule has 0 fully saturated rings. The molecule has 0 unspecified atom stereocenters. The van der Waals surface area contributed by atoms with Gasteiger partial charge in [0.15, 0.2) is 4.34 Å². The Morgan fingerprint density at radius 3 is 2.73 bits per heavy atom. The minimum atomic E-state index is -0.232. The van der Waals surface area contributed by atoms with Crippen LogP contribution >= 0.6 is 34.7 Å². The molecule has 0 radical (unpaired) electrons. The van der Waals surface area contributed by atoms with E-state index >= 15 is 0 Å². The molecule has 1 heterocycles. The highest BCUT2D eigenvalue weighted by atomic mass is 35.5. The van der Waals surface area contributed by atoms with Gasteiger partial charge >= 0.3 is 0 Å². The maximum Gasteiger partial charge on any atom is 0.250 e. The first-order valence-electron chi connectivity index (χ1n) is 7.85. The number of halogens is 1. The summed E-state index contributed by atoms with van der Waals surface area (Å²) in [6.07, 6.45) is 3.26. The number of hydrogen-bond acceptors (Lipinski definition) is 5. The van der Waals surface area contributed by atoms with Crippen molar-refractivity contribution < 1.29 is 4.79 Å². The Balaban J connectivity index is 1.53. The molecule has 0 saturated heterocycles. The van der Waals surface area contributed by atoms with Crippen molar-refractivity contribution in [3.63, 3.8) is 0 Å². The highest BCUT2D eigenvalue weighted by molar-refractivity contribution is 8.00. The van der Waals surface area contributed by atoms with E-state index in [0.29, 0.717) is 10.9 Å². The maximum absolute atomic E-state index is 12.0. The molecule has 0 atom stereocenters. The van der Waals surface area contributed by atoms with Gasteiger partial charge in [-0.15, -0.1) is 10.2 Å². The lowest BCUT2D eigenvalue weighted by molar-refractivity contribution is -0.111. The molecule has 0 aliphatic heterocycles. The van der Waals surface area contributed by atoms with Crippen LogP contribution in [0.4, 0.5) is 5.13 Å². The molecule has 132 valence electrons. The summed E-state index contributed by atoms with van der Waals surface area (Å²) in [5, 5.41) is 12.0. The van der Waals surface area contributed by atoms with Crippen molar-refractivity contribution in [1.29, 1.82) is 0 Å². The molecule has 1 aromatic heterocycles. The van der Waals surface area contributed by atoms with Crippen molar-refractivity contribution in [3.05, 3.63) is 76.3 Å². The SMILES string of the molecule is Cc1ccc(/C=C/C(=O)Nc2nnc(SCc3ccccc3Cl)s2)cc1. The van der Waals surface area contributed by atoms with Gasteiger partial charge in [-0.3, -0.25) is 10.1 Å². The van der Waals surface area contributed by atoms with Crippen LogP contribution < -0.4 is 5.32 Å². The molecule has 2 aromatic carbocycles. The first kappa shape index (κ1) is 18.6. The minimum Gasteiger partial charge on any atom is -0.297 e. The van der Waals surface area contributed by atoms with Crippen molar-refractivity contribution in [3.8, 4) is 0 Å². The van der Waals surface area contributed by atoms with Gasteiger partial charge in [0.1, 0.15) is 0 Å². The van der Waals surface area contributed by atoms with E-state index in [4.69, 9.17) is 11.6 Å². The first-order valence-corrected chi connectivity index (χ1v) is 10.0. The van der Waals surface area contributed by atoms with Crippen molar-refractivity contribution in [2.45, 2.75) is 17.0 Å². The Kier molecular flexibility index (Phi) is 6.44. The molecule has 3 aromatic rings. The molecular formula is C19H16ClN3OS2. The summed E-state index contributed by atoms with van der Waals surface area (Å²) < 4.78 is 0.780. The van der Waals surface area contributed by atoms with Gasteiger partial charge in [-0.1, -0.05) is 82.7 Å². The Hall–Kier alpha value is -2.15. The highest BCUT2D eigenvalue weighted by Gasteiger charge is 2.08. The number of carbonyl (C=O) groups excluding carboxylic acids is 1. The standard InChI is InChI=1S/C19H16ClN3OS2/c1-13-6-8-14(9-7-13)10-11-17(24)21-18-22-23-19(26-18)25-12-15-4-2-3-5-16(15)20/h2-11H,12H2,1H3,(H,21,22,24)/b11-10+. The summed E-state index contributed by atoms with van der Waals surface area (Å²) in [5.74, 6) is 0.472. The van der Waals surface area contributed by atoms with Crippen LogP contribution in [0.1, 0.15) is 16.7 Å². The molecule has 0 aliphatic rings. The van der Waals surface area contributed by atoms with E-state index in [1.165, 1.54) is 34.7 Å². The Labute approximate surface area is 165 Å². The van der Waals surface area contributed by atoms with Crippen LogP contribution in [-0.4, -0.2) is 16.1 Å². The summed E-state index contributed by atoms with van der Waals surface area (Å²) in [4.78, 5) is 12.0. The van der Waals surface area contributed by atoms with Crippen LogP contribution in [0.3, 0.4) is 0 Å². The van der Waals surface area contributed by atoms with Crippen molar-refractivity contribution in [2.24, 2.45) is 0 Å². The summed E-state index contributed by atoms with van der Waals surface area (Å²) in [6, 6.07) is 15.6. The molecular weight excluding hydrogens is 386 g/mol. The third-order valence-electron chi connectivity index (χ3n) is 3.45. The molecule has 0 saturated carbocycles. The van der Waals surface area contributed by atoms with Crippen molar-refractivity contribution >= 4 is 51.8 Å². The number of carbonyl (C=O) groups is 1. The van der Waals surface area contributed by atoms with Gasteiger partial charge in [0.05, 0.1) is 0 Å². The number of amides is 1. The second-order valence-electron chi connectivity index (χ2n) is 5.49. The number of nitrogens with one attached hydrogen (secondary N) is 1. The monoisotopic (exact) mass is 401 g/mol. The quantitative estimate of drug-likeness (QED) is 0.339. The number of benzene rings is 2. The van der Waals surface area contributed by atoms with E-state index in [-0.39, 0.29) is 5.91 Å². The van der Waals surface area contributed by atoms with Crippen molar-refractivity contribution in [1.82, 2.24) is 10.2 Å². The van der Waals surface area contributed by atoms with Crippen molar-refractivity contribution in [2.75, 3.05) is 5.32 Å². The zero-order chi connectivity index (χ0) is 18.4. The second-order valence-corrected chi connectivity index (χ2v) is 8.09. The lowest BCUT2D eigenvalue weighted by Crippen LogP contribution is -2.07. The fourth-order valence-electron chi connectivity index (χ4n) is 2.07. The zero-order valence-electron chi connectivity index (χ0n) is 14.0. The van der Waals surface area contributed by atoms with E-state index in [1.54, 1.807) is 6.08 Å². The van der Waals surface area contributed by atoms with Gasteiger partial charge in [-0.2, -0.15) is 0 Å². The zero-order valence-corrected chi connectivity index (χ0v) is 16.4. The molecule has 7 heteroatoms. The Bertz CT molecular complexity index is 923. The lowest BCUT2D eigenvalue weighted by Gasteiger charge is -2.00. The van der Waals surface area contributed by atoms with Crippen LogP contribution in [0.15, 0.2) is 58.9 Å². The normalized spacial score (nSPS) is 11.0. The van der Waals surface area contributed by atoms with Gasteiger partial charge in [0.25, 0.3) is 0 Å². The van der Waals surface area contributed by atoms with E-state index in [1.807, 2.05) is 55.5 Å². The number of aryl methyl sites for hydroxylation is 1. The fraction of sp³-hybridized carbons (Fsp3) is 0.105. The smallest absolute Gasteiger partial charge is 0.250 e. The van der Waals surface area contributed by atoms with Crippen LogP contribution in [0.25, 0.3) is 6.08 Å². The molecule has 1 amide bonds. The van der Waals surface area contributed by atoms with Crippen LogP contribution in [0.5, 0.6) is 0 Å². The van der Waals surface area contributed by atoms with Crippen LogP contribution in [0.2, 0.25) is 5.02 Å². The molecule has 4 nitrogen and oxygen atoms in total. The van der Waals surface area contributed by atoms with E-state index in [0.717, 1.165) is 20.5 Å². The van der Waals surface area contributed by atoms with Crippen LogP contribution in [-0.2, 0) is 10.5 Å². The van der Waals surface area contributed by atoms with E-state index < -0.39 is 0 Å². The number of rotatable bonds is 6. The molecule has 0 bridgehead atoms. The average Bonchev–Trinajstić information content (AvgIpc) is 3.08. The number of hydrogen-bond donors (Lipinski definition) is 1. The van der Waals surface area contributed by atoms with Crippen LogP contribution in [0, 0.1) is 6.92 Å². The van der Waals surface area contributed by atoms with Gasteiger partial charge in [-0.25, -0.2) is 0 Å². The predicted octanol–water partition coefficient (Wildman–Crippen LogP) is 5.44. The van der Waals surface area contributed by atoms with Gasteiger partial charge in [0, 0.05) is 16.9 Å². The summed E-state index contributed by atoms with van der Waals surface area (Å²) in [7, 11) is 0. The molecule has 0 aliphatic carbocycles. The third kappa shape index (κ3) is 5.42. The number of thioether (sulfide) groups is 1. The van der Waals surface area contributed by atoms with Gasteiger partial charge in [0.2, 0.25) is 11.0 Å². The topological polar surface area (TPSA) is 54.9 Å². The third-order valence-corrected chi connectivity index (χ3v) is 5.84. The van der Waals surface area contributed by atoms with E-state index in [9.17, 15) is 4.79 Å². The van der Waals surface area contributed by atoms with Gasteiger partial charge in [-0.05, 0) is 30.2 Å². The van der Waals surface area contributed by atoms with Gasteiger partial charge < -0.3 is 0 Å². The Morgan fingerprint density at radius 2 is 1.96 bits per heavy atom. The lowest BCUT2D eigenvalue weighted by atomic mass is 10.1. The average molecular weight is 402 g/mol. The number of anilines is 1. The molecule has 3 rings (SSSR count). The fourth-order valence-corrected chi connectivity index (χ4v) is 4.11. The predicted molar refractivity (Wildman–Crippen MR) is 110 cm³/mol. The largest absolute Gasteiger partial charge is 0.297 e. The molecule has 26 heavy (non-hydrogen) atoms. The molecule has 1 N–H and O–H groups in total. The highest BCUT2D eigenvalue weighted by Crippen LogP contribution is 2.30. The summed E-state index contributed by atoms with van der Waals surface area (Å²) in [6.45, 7) is 2.02. The molecule has 0 spiro atoms. The Morgan fingerprint density at radius 1 is 1.19 bits per heavy atom. The maximum atomic E-state index is 12.0. The summed E-state index contributed by atoms with van der Waals surface area (Å²) >= 11 is 9.03.